The summed E-state index contributed by atoms with van der Waals surface area (Å²) in [4.78, 5) is 11.4. The van der Waals surface area contributed by atoms with Gasteiger partial charge in [-0.2, -0.15) is 0 Å². The van der Waals surface area contributed by atoms with Crippen LogP contribution < -0.4 is 5.56 Å². The van der Waals surface area contributed by atoms with Crippen molar-refractivity contribution >= 4 is 0 Å². The first-order chi connectivity index (χ1) is 6.38. The van der Waals surface area contributed by atoms with E-state index >= 15 is 0 Å². The van der Waals surface area contributed by atoms with Crippen molar-refractivity contribution in [3.8, 4) is 0 Å². The van der Waals surface area contributed by atoms with Crippen molar-refractivity contribution in [2.75, 3.05) is 6.61 Å². The van der Waals surface area contributed by atoms with Gasteiger partial charge >= 0.3 is 0 Å². The Hall–Kier alpha value is -1.09. The van der Waals surface area contributed by atoms with Crippen LogP contribution in [0.15, 0.2) is 29.2 Å². The molecule has 0 aromatic carbocycles. The average molecular weight is 179 g/mol. The molecule has 70 valence electrons. The topological polar surface area (TPSA) is 31.2 Å². The van der Waals surface area contributed by atoms with Gasteiger partial charge in [0.2, 0.25) is 0 Å². The Morgan fingerprint density at radius 1 is 1.38 bits per heavy atom. The van der Waals surface area contributed by atoms with Gasteiger partial charge in [0.15, 0.2) is 0 Å². The van der Waals surface area contributed by atoms with Crippen molar-refractivity contribution in [3.05, 3.63) is 34.7 Å². The molecule has 1 atom stereocenters. The summed E-state index contributed by atoms with van der Waals surface area (Å²) in [6.07, 6.45) is 4.95. The van der Waals surface area contributed by atoms with Gasteiger partial charge in [0.05, 0.1) is 0 Å². The molecule has 2 heterocycles. The summed E-state index contributed by atoms with van der Waals surface area (Å²) in [5.41, 5.74) is 0.0226. The monoisotopic (exact) mass is 179 g/mol. The Balaban J connectivity index is 2.24. The molecular weight excluding hydrogens is 166 g/mol. The van der Waals surface area contributed by atoms with Gasteiger partial charge in [-0.1, -0.05) is 6.07 Å². The minimum absolute atomic E-state index is 0.0226. The molecule has 1 aromatic heterocycles. The summed E-state index contributed by atoms with van der Waals surface area (Å²) >= 11 is 0. The number of hydrogen-bond donors (Lipinski definition) is 0. The van der Waals surface area contributed by atoms with Crippen LogP contribution >= 0.6 is 0 Å². The van der Waals surface area contributed by atoms with Crippen LogP contribution in [0.5, 0.6) is 0 Å². The zero-order valence-electron chi connectivity index (χ0n) is 7.48. The molecule has 0 aliphatic carbocycles. The lowest BCUT2D eigenvalue weighted by molar-refractivity contribution is -0.0340. The molecule has 0 unspecified atom stereocenters. The molecule has 1 aliphatic heterocycles. The van der Waals surface area contributed by atoms with Gasteiger partial charge in [0, 0.05) is 18.9 Å². The molecule has 3 nitrogen and oxygen atoms in total. The molecule has 2 rings (SSSR count). The maximum atomic E-state index is 11.4. The van der Waals surface area contributed by atoms with E-state index in [2.05, 4.69) is 0 Å². The Kier molecular flexibility index (Phi) is 2.45. The predicted octanol–water partition coefficient (Wildman–Crippen LogP) is 1.55. The number of hydrogen-bond acceptors (Lipinski definition) is 2. The van der Waals surface area contributed by atoms with Crippen LogP contribution in [0, 0.1) is 0 Å². The molecule has 0 radical (unpaired) electrons. The first-order valence-electron chi connectivity index (χ1n) is 4.67. The van der Waals surface area contributed by atoms with E-state index in [9.17, 15) is 4.79 Å². The first-order valence-corrected chi connectivity index (χ1v) is 4.67. The minimum Gasteiger partial charge on any atom is -0.358 e. The number of pyridine rings is 1. The molecule has 3 heteroatoms. The van der Waals surface area contributed by atoms with Gasteiger partial charge in [-0.05, 0) is 25.3 Å². The van der Waals surface area contributed by atoms with Crippen molar-refractivity contribution in [2.45, 2.75) is 25.5 Å². The molecule has 0 N–H and O–H groups in total. The molecule has 1 aromatic rings. The third-order valence-corrected chi connectivity index (χ3v) is 2.32. The molecule has 0 spiro atoms. The second-order valence-electron chi connectivity index (χ2n) is 3.27. The lowest BCUT2D eigenvalue weighted by atomic mass is 10.2. The van der Waals surface area contributed by atoms with E-state index in [0.29, 0.717) is 0 Å². The maximum Gasteiger partial charge on any atom is 0.252 e. The summed E-state index contributed by atoms with van der Waals surface area (Å²) in [6, 6.07) is 5.18. The molecule has 1 aliphatic rings. The van der Waals surface area contributed by atoms with E-state index in [1.807, 2.05) is 6.07 Å². The van der Waals surface area contributed by atoms with E-state index in [4.69, 9.17) is 4.74 Å². The van der Waals surface area contributed by atoms with Crippen molar-refractivity contribution in [1.82, 2.24) is 4.57 Å². The Morgan fingerprint density at radius 2 is 2.31 bits per heavy atom. The van der Waals surface area contributed by atoms with Crippen LogP contribution in [0.1, 0.15) is 25.5 Å². The van der Waals surface area contributed by atoms with Crippen LogP contribution in [0.2, 0.25) is 0 Å². The summed E-state index contributed by atoms with van der Waals surface area (Å²) < 4.78 is 7.17. The largest absolute Gasteiger partial charge is 0.358 e. The maximum absolute atomic E-state index is 11.4. The lowest BCUT2D eigenvalue weighted by Crippen LogP contribution is -2.27. The second kappa shape index (κ2) is 3.75. The normalized spacial score (nSPS) is 22.9. The van der Waals surface area contributed by atoms with Crippen LogP contribution in [-0.2, 0) is 4.74 Å². The van der Waals surface area contributed by atoms with E-state index in [1.54, 1.807) is 22.9 Å². The smallest absolute Gasteiger partial charge is 0.252 e. The highest BCUT2D eigenvalue weighted by molar-refractivity contribution is 4.94. The predicted molar refractivity (Wildman–Crippen MR) is 49.5 cm³/mol. The quantitative estimate of drug-likeness (QED) is 0.655. The van der Waals surface area contributed by atoms with Crippen molar-refractivity contribution in [3.63, 3.8) is 0 Å². The first kappa shape index (κ1) is 8.51. The fourth-order valence-corrected chi connectivity index (χ4v) is 1.62. The van der Waals surface area contributed by atoms with Gasteiger partial charge in [-0.3, -0.25) is 9.36 Å². The third-order valence-electron chi connectivity index (χ3n) is 2.32. The standard InChI is InChI=1S/C10H13NO2/c12-9-5-1-3-7-11(9)10-6-2-4-8-13-10/h1,3,5,7,10H,2,4,6,8H2/t10-/m1/s1. The van der Waals surface area contributed by atoms with Crippen molar-refractivity contribution in [2.24, 2.45) is 0 Å². The lowest BCUT2D eigenvalue weighted by Gasteiger charge is -2.24. The molecule has 0 saturated carbocycles. The fraction of sp³-hybridized carbons (Fsp3) is 0.500. The van der Waals surface area contributed by atoms with E-state index in [-0.39, 0.29) is 11.8 Å². The van der Waals surface area contributed by atoms with E-state index in [0.717, 1.165) is 25.9 Å². The van der Waals surface area contributed by atoms with Crippen molar-refractivity contribution < 1.29 is 4.74 Å². The summed E-state index contributed by atoms with van der Waals surface area (Å²) in [7, 11) is 0. The third kappa shape index (κ3) is 1.80. The van der Waals surface area contributed by atoms with Crippen LogP contribution in [0.4, 0.5) is 0 Å². The second-order valence-corrected chi connectivity index (χ2v) is 3.27. The summed E-state index contributed by atoms with van der Waals surface area (Å²) in [5.74, 6) is 0. The van der Waals surface area contributed by atoms with Gasteiger partial charge in [-0.15, -0.1) is 0 Å². The number of ether oxygens (including phenoxy) is 1. The minimum atomic E-state index is -0.0394. The molecule has 0 bridgehead atoms. The molecule has 1 saturated heterocycles. The highest BCUT2D eigenvalue weighted by Crippen LogP contribution is 2.20. The van der Waals surface area contributed by atoms with Gasteiger partial charge in [-0.25, -0.2) is 0 Å². The fourth-order valence-electron chi connectivity index (χ4n) is 1.62. The Bertz CT molecular complexity index is 326. The average Bonchev–Trinajstić information content (AvgIpc) is 2.20. The van der Waals surface area contributed by atoms with Gasteiger partial charge in [0.1, 0.15) is 6.23 Å². The summed E-state index contributed by atoms with van der Waals surface area (Å²) in [5, 5.41) is 0. The van der Waals surface area contributed by atoms with Crippen molar-refractivity contribution in [1.29, 1.82) is 0 Å². The number of nitrogens with zero attached hydrogens (tertiary/aromatic N) is 1. The molecule has 0 amide bonds. The van der Waals surface area contributed by atoms with E-state index < -0.39 is 0 Å². The van der Waals surface area contributed by atoms with E-state index in [1.165, 1.54) is 0 Å². The van der Waals surface area contributed by atoms with Crippen LogP contribution in [-0.4, -0.2) is 11.2 Å². The molecule has 13 heavy (non-hydrogen) atoms. The van der Waals surface area contributed by atoms with Crippen LogP contribution in [0.3, 0.4) is 0 Å². The van der Waals surface area contributed by atoms with Gasteiger partial charge in [0.25, 0.3) is 5.56 Å². The highest BCUT2D eigenvalue weighted by atomic mass is 16.5. The molecule has 1 fully saturated rings. The Labute approximate surface area is 77.0 Å². The Morgan fingerprint density at radius 3 is 3.00 bits per heavy atom. The van der Waals surface area contributed by atoms with Crippen LogP contribution in [0.25, 0.3) is 0 Å². The zero-order chi connectivity index (χ0) is 9.10. The zero-order valence-corrected chi connectivity index (χ0v) is 7.48. The SMILES string of the molecule is O=c1ccccn1[C@H]1CCCCO1. The number of rotatable bonds is 1. The van der Waals surface area contributed by atoms with Gasteiger partial charge < -0.3 is 4.74 Å². The molecular formula is C10H13NO2. The highest BCUT2D eigenvalue weighted by Gasteiger charge is 2.15. The summed E-state index contributed by atoms with van der Waals surface area (Å²) in [6.45, 7) is 0.770. The number of aromatic nitrogens is 1.